The van der Waals surface area contributed by atoms with Crippen LogP contribution in [-0.4, -0.2) is 25.0 Å². The van der Waals surface area contributed by atoms with Gasteiger partial charge in [-0.05, 0) is 11.6 Å². The van der Waals surface area contributed by atoms with Crippen molar-refractivity contribution in [2.45, 2.75) is 6.10 Å². The fourth-order valence-electron chi connectivity index (χ4n) is 2.04. The summed E-state index contributed by atoms with van der Waals surface area (Å²) in [5.74, 6) is -1.31. The zero-order chi connectivity index (χ0) is 16.0. The van der Waals surface area contributed by atoms with Gasteiger partial charge in [0.15, 0.2) is 9.84 Å². The monoisotopic (exact) mass is 320 g/mol. The van der Waals surface area contributed by atoms with Crippen LogP contribution in [0.5, 0.6) is 0 Å². The second kappa shape index (κ2) is 7.33. The Labute approximate surface area is 129 Å². The Balaban J connectivity index is 1.99. The van der Waals surface area contributed by atoms with Gasteiger partial charge in [-0.15, -0.1) is 0 Å². The van der Waals surface area contributed by atoms with Crippen molar-refractivity contribution in [3.8, 4) is 0 Å². The van der Waals surface area contributed by atoms with Crippen molar-refractivity contribution in [1.82, 2.24) is 0 Å². The standard InChI is InChI=1S/C17H17FO3S/c18-16-11-5-4-10-15(16)17(19)13-22(20,21)12-6-9-14-7-2-1-3-8-14/h1-11,17,19H,12-13H2. The number of rotatable bonds is 6. The predicted molar refractivity (Wildman–Crippen MR) is 85.5 cm³/mol. The maximum Gasteiger partial charge on any atom is 0.156 e. The van der Waals surface area contributed by atoms with E-state index < -0.39 is 27.5 Å². The Morgan fingerprint density at radius 1 is 1.05 bits per heavy atom. The fourth-order valence-corrected chi connectivity index (χ4v) is 3.22. The van der Waals surface area contributed by atoms with Crippen molar-refractivity contribution in [3.05, 3.63) is 77.6 Å². The molecule has 0 saturated heterocycles. The van der Waals surface area contributed by atoms with E-state index in [9.17, 15) is 17.9 Å². The molecule has 0 saturated carbocycles. The molecule has 116 valence electrons. The quantitative estimate of drug-likeness (QED) is 0.890. The molecule has 0 heterocycles. The lowest BCUT2D eigenvalue weighted by atomic mass is 10.1. The van der Waals surface area contributed by atoms with Gasteiger partial charge in [0.05, 0.1) is 17.6 Å². The van der Waals surface area contributed by atoms with Crippen LogP contribution < -0.4 is 0 Å². The summed E-state index contributed by atoms with van der Waals surface area (Å²) in [7, 11) is -3.52. The molecule has 2 rings (SSSR count). The first kappa shape index (κ1) is 16.4. The molecule has 2 aromatic carbocycles. The summed E-state index contributed by atoms with van der Waals surface area (Å²) in [4.78, 5) is 0. The average molecular weight is 320 g/mol. The van der Waals surface area contributed by atoms with Crippen molar-refractivity contribution >= 4 is 15.9 Å². The lowest BCUT2D eigenvalue weighted by Gasteiger charge is -2.11. The van der Waals surface area contributed by atoms with E-state index in [1.54, 1.807) is 12.1 Å². The number of aliphatic hydroxyl groups excluding tert-OH is 1. The number of hydrogen-bond acceptors (Lipinski definition) is 3. The second-order valence-corrected chi connectivity index (χ2v) is 7.08. The first-order valence-electron chi connectivity index (χ1n) is 6.82. The van der Waals surface area contributed by atoms with E-state index in [0.717, 1.165) is 5.56 Å². The summed E-state index contributed by atoms with van der Waals surface area (Å²) in [5, 5.41) is 9.91. The van der Waals surface area contributed by atoms with E-state index in [-0.39, 0.29) is 11.3 Å². The molecule has 0 bridgehead atoms. The molecule has 5 heteroatoms. The lowest BCUT2D eigenvalue weighted by Crippen LogP contribution is -2.17. The van der Waals surface area contributed by atoms with Crippen LogP contribution in [0, 0.1) is 5.82 Å². The van der Waals surface area contributed by atoms with Gasteiger partial charge >= 0.3 is 0 Å². The predicted octanol–water partition coefficient (Wildman–Crippen LogP) is 2.99. The third kappa shape index (κ3) is 4.79. The molecular formula is C17H17FO3S. The van der Waals surface area contributed by atoms with Crippen LogP contribution in [0.4, 0.5) is 4.39 Å². The summed E-state index contributed by atoms with van der Waals surface area (Å²) >= 11 is 0. The maximum absolute atomic E-state index is 13.5. The van der Waals surface area contributed by atoms with Gasteiger partial charge in [-0.1, -0.05) is 60.7 Å². The number of benzene rings is 2. The summed E-state index contributed by atoms with van der Waals surface area (Å²) in [5.41, 5.74) is 0.894. The summed E-state index contributed by atoms with van der Waals surface area (Å²) in [6, 6.07) is 14.9. The molecule has 1 unspecified atom stereocenters. The third-order valence-electron chi connectivity index (χ3n) is 3.14. The average Bonchev–Trinajstić information content (AvgIpc) is 2.48. The number of halogens is 1. The minimum atomic E-state index is -3.52. The highest BCUT2D eigenvalue weighted by atomic mass is 32.2. The molecule has 0 amide bonds. The summed E-state index contributed by atoms with van der Waals surface area (Å²) in [6.45, 7) is 0. The molecule has 22 heavy (non-hydrogen) atoms. The molecular weight excluding hydrogens is 303 g/mol. The van der Waals surface area contributed by atoms with E-state index in [1.807, 2.05) is 30.3 Å². The van der Waals surface area contributed by atoms with Crippen LogP contribution in [0.2, 0.25) is 0 Å². The van der Waals surface area contributed by atoms with E-state index in [1.165, 1.54) is 24.3 Å². The maximum atomic E-state index is 13.5. The Hall–Kier alpha value is -1.98. The molecule has 1 atom stereocenters. The molecule has 0 aliphatic rings. The van der Waals surface area contributed by atoms with E-state index in [0.29, 0.717) is 0 Å². The Morgan fingerprint density at radius 2 is 1.68 bits per heavy atom. The van der Waals surface area contributed by atoms with Gasteiger partial charge in [-0.3, -0.25) is 0 Å². The molecule has 0 aliphatic heterocycles. The number of aliphatic hydroxyl groups is 1. The first-order chi connectivity index (χ1) is 10.5. The minimum absolute atomic E-state index is 0.00175. The van der Waals surface area contributed by atoms with Gasteiger partial charge in [0.25, 0.3) is 0 Å². The lowest BCUT2D eigenvalue weighted by molar-refractivity contribution is 0.196. The Morgan fingerprint density at radius 3 is 2.36 bits per heavy atom. The van der Waals surface area contributed by atoms with Crippen molar-refractivity contribution < 1.29 is 17.9 Å². The molecule has 0 aromatic heterocycles. The highest BCUT2D eigenvalue weighted by Gasteiger charge is 2.20. The normalized spacial score (nSPS) is 13.4. The Kier molecular flexibility index (Phi) is 5.46. The van der Waals surface area contributed by atoms with Gasteiger partial charge in [0.1, 0.15) is 5.82 Å². The van der Waals surface area contributed by atoms with Crippen molar-refractivity contribution in [3.63, 3.8) is 0 Å². The van der Waals surface area contributed by atoms with Crippen LogP contribution >= 0.6 is 0 Å². The summed E-state index contributed by atoms with van der Waals surface area (Å²) < 4.78 is 37.5. The third-order valence-corrected chi connectivity index (χ3v) is 4.66. The number of sulfone groups is 1. The van der Waals surface area contributed by atoms with Gasteiger partial charge < -0.3 is 5.11 Å². The van der Waals surface area contributed by atoms with Gasteiger partial charge in [0.2, 0.25) is 0 Å². The van der Waals surface area contributed by atoms with Crippen LogP contribution in [0.1, 0.15) is 17.2 Å². The largest absolute Gasteiger partial charge is 0.387 e. The molecule has 1 N–H and O–H groups in total. The van der Waals surface area contributed by atoms with Crippen molar-refractivity contribution in [2.24, 2.45) is 0 Å². The topological polar surface area (TPSA) is 54.4 Å². The summed E-state index contributed by atoms with van der Waals surface area (Å²) in [6.07, 6.45) is 1.86. The SMILES string of the molecule is O=S(=O)(CC=Cc1ccccc1)CC(O)c1ccccc1F. The first-order valence-corrected chi connectivity index (χ1v) is 8.64. The molecule has 0 spiro atoms. The zero-order valence-corrected chi connectivity index (χ0v) is 12.7. The van der Waals surface area contributed by atoms with Gasteiger partial charge in [0, 0.05) is 5.56 Å². The highest BCUT2D eigenvalue weighted by molar-refractivity contribution is 7.91. The minimum Gasteiger partial charge on any atom is -0.387 e. The Bertz CT molecular complexity index is 740. The molecule has 0 radical (unpaired) electrons. The van der Waals surface area contributed by atoms with E-state index in [4.69, 9.17) is 0 Å². The van der Waals surface area contributed by atoms with E-state index in [2.05, 4.69) is 0 Å². The molecule has 0 fully saturated rings. The van der Waals surface area contributed by atoms with Crippen molar-refractivity contribution in [2.75, 3.05) is 11.5 Å². The fraction of sp³-hybridized carbons (Fsp3) is 0.176. The molecule has 3 nitrogen and oxygen atoms in total. The van der Waals surface area contributed by atoms with Gasteiger partial charge in [-0.2, -0.15) is 0 Å². The highest BCUT2D eigenvalue weighted by Crippen LogP contribution is 2.18. The zero-order valence-electron chi connectivity index (χ0n) is 11.9. The van der Waals surface area contributed by atoms with Crippen LogP contribution in [0.15, 0.2) is 60.7 Å². The van der Waals surface area contributed by atoms with Gasteiger partial charge in [-0.25, -0.2) is 12.8 Å². The molecule has 2 aromatic rings. The van der Waals surface area contributed by atoms with Crippen LogP contribution in [-0.2, 0) is 9.84 Å². The number of hydrogen-bond donors (Lipinski definition) is 1. The molecule has 0 aliphatic carbocycles. The van der Waals surface area contributed by atoms with Crippen molar-refractivity contribution in [1.29, 1.82) is 0 Å². The smallest absolute Gasteiger partial charge is 0.156 e. The van der Waals surface area contributed by atoms with Crippen LogP contribution in [0.3, 0.4) is 0 Å². The van der Waals surface area contributed by atoms with E-state index >= 15 is 0 Å². The second-order valence-electron chi connectivity index (χ2n) is 4.93. The van der Waals surface area contributed by atoms with Crippen LogP contribution in [0.25, 0.3) is 6.08 Å².